The Bertz CT molecular complexity index is 740. The molecule has 2 aromatic rings. The third kappa shape index (κ3) is 3.46. The van der Waals surface area contributed by atoms with Crippen LogP contribution in [0.2, 0.25) is 0 Å². The highest BCUT2D eigenvalue weighted by Gasteiger charge is 2.31. The summed E-state index contributed by atoms with van der Waals surface area (Å²) in [6.07, 6.45) is -4.41. The van der Waals surface area contributed by atoms with Crippen LogP contribution in [0.4, 0.5) is 13.2 Å². The Hall–Kier alpha value is -2.12. The van der Waals surface area contributed by atoms with Gasteiger partial charge in [0.25, 0.3) is 0 Å². The minimum atomic E-state index is -4.41. The second-order valence-electron chi connectivity index (χ2n) is 4.78. The van der Waals surface area contributed by atoms with Gasteiger partial charge in [-0.15, -0.1) is 11.3 Å². The number of nitriles is 1. The molecular formula is C14H11F3N4OS. The van der Waals surface area contributed by atoms with Crippen molar-refractivity contribution < 1.29 is 17.9 Å². The first-order valence-electron chi connectivity index (χ1n) is 6.58. The third-order valence-corrected chi connectivity index (χ3v) is 4.26. The summed E-state index contributed by atoms with van der Waals surface area (Å²) >= 11 is 1.26. The van der Waals surface area contributed by atoms with Crippen molar-refractivity contribution in [1.29, 1.82) is 5.26 Å². The van der Waals surface area contributed by atoms with Crippen molar-refractivity contribution >= 4 is 11.3 Å². The Labute approximate surface area is 133 Å². The van der Waals surface area contributed by atoms with Crippen molar-refractivity contribution in [3.8, 4) is 16.9 Å². The third-order valence-electron chi connectivity index (χ3n) is 3.22. The van der Waals surface area contributed by atoms with Gasteiger partial charge in [0, 0.05) is 4.88 Å². The van der Waals surface area contributed by atoms with E-state index < -0.39 is 17.8 Å². The van der Waals surface area contributed by atoms with E-state index in [0.29, 0.717) is 5.06 Å². The summed E-state index contributed by atoms with van der Waals surface area (Å²) < 4.78 is 43.6. The molecule has 3 N–H and O–H groups in total. The van der Waals surface area contributed by atoms with Gasteiger partial charge in [-0.2, -0.15) is 24.0 Å². The maximum atomic E-state index is 12.7. The summed E-state index contributed by atoms with van der Waals surface area (Å²) in [5.41, 5.74) is 7.57. The highest BCUT2D eigenvalue weighted by Crippen LogP contribution is 2.36. The molecule has 1 saturated heterocycles. The summed E-state index contributed by atoms with van der Waals surface area (Å²) in [7, 11) is 0. The van der Waals surface area contributed by atoms with Crippen molar-refractivity contribution in [3.63, 3.8) is 0 Å². The number of rotatable bonds is 3. The summed E-state index contributed by atoms with van der Waals surface area (Å²) in [6.45, 7) is 0. The molecule has 0 aliphatic carbocycles. The van der Waals surface area contributed by atoms with E-state index in [9.17, 15) is 13.2 Å². The summed E-state index contributed by atoms with van der Waals surface area (Å²) in [6, 6.07) is 9.52. The second kappa shape index (κ2) is 6.17. The van der Waals surface area contributed by atoms with E-state index in [-0.39, 0.29) is 11.8 Å². The minimum Gasteiger partial charge on any atom is -0.447 e. The van der Waals surface area contributed by atoms with Crippen LogP contribution >= 0.6 is 11.3 Å². The van der Waals surface area contributed by atoms with Crippen molar-refractivity contribution in [3.05, 3.63) is 46.8 Å². The van der Waals surface area contributed by atoms with Crippen molar-refractivity contribution in [2.24, 2.45) is 0 Å². The molecule has 1 aliphatic rings. The molecule has 9 heteroatoms. The van der Waals surface area contributed by atoms with E-state index >= 15 is 0 Å². The minimum absolute atomic E-state index is 0.112. The van der Waals surface area contributed by atoms with Crippen LogP contribution in [0.25, 0.3) is 0 Å². The molecule has 1 aromatic carbocycles. The lowest BCUT2D eigenvalue weighted by Gasteiger charge is -2.09. The Morgan fingerprint density at radius 3 is 2.74 bits per heavy atom. The van der Waals surface area contributed by atoms with E-state index in [1.165, 1.54) is 23.5 Å². The summed E-state index contributed by atoms with van der Waals surface area (Å²) in [5.74, 6) is 0.112. The normalized spacial score (nSPS) is 21.1. The number of hydrogen-bond acceptors (Lipinski definition) is 6. The maximum absolute atomic E-state index is 12.7. The molecule has 0 amide bonds. The molecule has 120 valence electrons. The number of ether oxygens (including phenoxy) is 1. The SMILES string of the molecule is N#CC1NNNC1c1ccc(Oc2cccc(C(F)(F)F)c2)s1. The van der Waals surface area contributed by atoms with Crippen LogP contribution in [0.5, 0.6) is 10.8 Å². The number of alkyl halides is 3. The van der Waals surface area contributed by atoms with E-state index in [1.807, 2.05) is 0 Å². The Morgan fingerprint density at radius 1 is 1.17 bits per heavy atom. The fraction of sp³-hybridized carbons (Fsp3) is 0.214. The van der Waals surface area contributed by atoms with Gasteiger partial charge in [-0.3, -0.25) is 0 Å². The van der Waals surface area contributed by atoms with Crippen LogP contribution in [-0.2, 0) is 6.18 Å². The Morgan fingerprint density at radius 2 is 2.00 bits per heavy atom. The smallest absolute Gasteiger partial charge is 0.416 e. The molecule has 2 heterocycles. The van der Waals surface area contributed by atoms with Crippen LogP contribution in [0, 0.1) is 11.3 Å². The number of thiophene rings is 1. The molecule has 0 bridgehead atoms. The average molecular weight is 340 g/mol. The molecule has 0 radical (unpaired) electrons. The summed E-state index contributed by atoms with van der Waals surface area (Å²) in [5, 5.41) is 9.47. The summed E-state index contributed by atoms with van der Waals surface area (Å²) in [4.78, 5) is 0.830. The molecule has 0 saturated carbocycles. The fourth-order valence-corrected chi connectivity index (χ4v) is 3.08. The Balaban J connectivity index is 1.76. The largest absolute Gasteiger partial charge is 0.447 e. The zero-order valence-electron chi connectivity index (χ0n) is 11.5. The van der Waals surface area contributed by atoms with Crippen molar-refractivity contribution in [2.75, 3.05) is 0 Å². The lowest BCUT2D eigenvalue weighted by atomic mass is 10.1. The van der Waals surface area contributed by atoms with Crippen molar-refractivity contribution in [2.45, 2.75) is 18.3 Å². The molecule has 5 nitrogen and oxygen atoms in total. The van der Waals surface area contributed by atoms with Crippen LogP contribution in [0.1, 0.15) is 16.5 Å². The van der Waals surface area contributed by atoms with Gasteiger partial charge < -0.3 is 4.74 Å². The molecule has 23 heavy (non-hydrogen) atoms. The molecule has 3 rings (SSSR count). The fourth-order valence-electron chi connectivity index (χ4n) is 2.11. The average Bonchev–Trinajstić information content (AvgIpc) is 3.14. The molecule has 1 aliphatic heterocycles. The first-order chi connectivity index (χ1) is 11.0. The van der Waals surface area contributed by atoms with Gasteiger partial charge in [0.2, 0.25) is 0 Å². The zero-order chi connectivity index (χ0) is 16.4. The van der Waals surface area contributed by atoms with Gasteiger partial charge in [0.1, 0.15) is 11.8 Å². The van der Waals surface area contributed by atoms with E-state index in [4.69, 9.17) is 10.00 Å². The highest BCUT2D eigenvalue weighted by atomic mass is 32.1. The predicted octanol–water partition coefficient (Wildman–Crippen LogP) is 3.10. The van der Waals surface area contributed by atoms with Crippen LogP contribution < -0.4 is 21.1 Å². The van der Waals surface area contributed by atoms with Gasteiger partial charge >= 0.3 is 6.18 Å². The van der Waals surface area contributed by atoms with Crippen molar-refractivity contribution in [1.82, 2.24) is 16.4 Å². The quantitative estimate of drug-likeness (QED) is 0.801. The zero-order valence-corrected chi connectivity index (χ0v) is 12.3. The van der Waals surface area contributed by atoms with E-state index in [1.54, 1.807) is 12.1 Å². The first-order valence-corrected chi connectivity index (χ1v) is 7.39. The monoisotopic (exact) mass is 340 g/mol. The number of nitrogens with zero attached hydrogens (tertiary/aromatic N) is 1. The van der Waals surface area contributed by atoms with Gasteiger partial charge in [-0.25, -0.2) is 10.9 Å². The van der Waals surface area contributed by atoms with Gasteiger partial charge in [-0.1, -0.05) is 6.07 Å². The molecular weight excluding hydrogens is 329 g/mol. The maximum Gasteiger partial charge on any atom is 0.416 e. The standard InChI is InChI=1S/C14H11F3N4OS/c15-14(16,17)8-2-1-3-9(6-8)22-12-5-4-11(23-12)13-10(7-18)19-21-20-13/h1-6,10,13,19-21H. The molecule has 1 fully saturated rings. The van der Waals surface area contributed by atoms with Gasteiger partial charge in [-0.05, 0) is 30.3 Å². The first kappa shape index (κ1) is 15.8. The lowest BCUT2D eigenvalue weighted by molar-refractivity contribution is -0.137. The highest BCUT2D eigenvalue weighted by molar-refractivity contribution is 7.13. The lowest BCUT2D eigenvalue weighted by Crippen LogP contribution is -2.32. The van der Waals surface area contributed by atoms with Crippen LogP contribution in [0.3, 0.4) is 0 Å². The van der Waals surface area contributed by atoms with E-state index in [0.717, 1.165) is 17.0 Å². The molecule has 0 spiro atoms. The van der Waals surface area contributed by atoms with Gasteiger partial charge in [0.15, 0.2) is 5.06 Å². The molecule has 2 unspecified atom stereocenters. The molecule has 2 atom stereocenters. The van der Waals surface area contributed by atoms with Crippen LogP contribution in [-0.4, -0.2) is 6.04 Å². The number of hydrogen-bond donors (Lipinski definition) is 3. The topological polar surface area (TPSA) is 69.1 Å². The number of halogens is 3. The second-order valence-corrected chi connectivity index (χ2v) is 5.86. The van der Waals surface area contributed by atoms with E-state index in [2.05, 4.69) is 22.5 Å². The van der Waals surface area contributed by atoms with Crippen LogP contribution in [0.15, 0.2) is 36.4 Å². The number of nitrogens with one attached hydrogen (secondary N) is 3. The number of hydrazine groups is 2. The predicted molar refractivity (Wildman–Crippen MR) is 77.4 cm³/mol. The number of benzene rings is 1. The Kier molecular flexibility index (Phi) is 4.23. The molecule has 1 aromatic heterocycles. The van der Waals surface area contributed by atoms with Gasteiger partial charge in [0.05, 0.1) is 17.7 Å².